The Labute approximate surface area is 115 Å². The van der Waals surface area contributed by atoms with Gasteiger partial charge in [-0.05, 0) is 23.1 Å². The van der Waals surface area contributed by atoms with E-state index >= 15 is 0 Å². The molecule has 0 fully saturated rings. The molecule has 0 atom stereocenters. The van der Waals surface area contributed by atoms with Crippen molar-refractivity contribution in [1.29, 1.82) is 0 Å². The van der Waals surface area contributed by atoms with Gasteiger partial charge in [0, 0.05) is 5.56 Å². The number of hydrogen-bond donors (Lipinski definition) is 0. The van der Waals surface area contributed by atoms with E-state index in [1.54, 1.807) is 0 Å². The largest absolute Gasteiger partial charge is 0.298 e. The zero-order chi connectivity index (χ0) is 14.1. The van der Waals surface area contributed by atoms with E-state index in [0.717, 1.165) is 18.3 Å². The Hall–Kier alpha value is -2.15. The Morgan fingerprint density at radius 1 is 1.00 bits per heavy atom. The summed E-state index contributed by atoms with van der Waals surface area (Å²) in [5, 5.41) is 0. The summed E-state index contributed by atoms with van der Waals surface area (Å²) >= 11 is 0. The van der Waals surface area contributed by atoms with Crippen molar-refractivity contribution in [2.45, 2.75) is 20.3 Å². The second-order valence-corrected chi connectivity index (χ2v) is 3.89. The maximum Gasteiger partial charge on any atom is 0.150 e. The molecule has 0 unspecified atom stereocenters. The van der Waals surface area contributed by atoms with Crippen LogP contribution in [0.5, 0.6) is 0 Å². The summed E-state index contributed by atoms with van der Waals surface area (Å²) in [5.74, 6) is 0. The summed E-state index contributed by atoms with van der Waals surface area (Å²) in [7, 11) is 0. The zero-order valence-electron chi connectivity index (χ0n) is 11.6. The van der Waals surface area contributed by atoms with Crippen LogP contribution < -0.4 is 0 Å². The predicted molar refractivity (Wildman–Crippen MR) is 82.5 cm³/mol. The van der Waals surface area contributed by atoms with Crippen molar-refractivity contribution in [1.82, 2.24) is 0 Å². The molecule has 19 heavy (non-hydrogen) atoms. The van der Waals surface area contributed by atoms with Crippen LogP contribution in [0.1, 0.15) is 29.8 Å². The number of carbonyl (C=O) groups excluding carboxylic acids is 1. The molecule has 0 heterocycles. The molecular formula is C18H20O. The van der Waals surface area contributed by atoms with Crippen molar-refractivity contribution in [3.63, 3.8) is 0 Å². The van der Waals surface area contributed by atoms with Gasteiger partial charge in [0.15, 0.2) is 0 Å². The first-order valence-corrected chi connectivity index (χ1v) is 6.59. The molecule has 98 valence electrons. The highest BCUT2D eigenvalue weighted by Gasteiger charge is 2.02. The van der Waals surface area contributed by atoms with Crippen molar-refractivity contribution in [2.75, 3.05) is 0 Å². The normalized spacial score (nSPS) is 9.16. The van der Waals surface area contributed by atoms with Crippen LogP contribution in [0.15, 0.2) is 61.2 Å². The van der Waals surface area contributed by atoms with Crippen LogP contribution in [0.2, 0.25) is 0 Å². The highest BCUT2D eigenvalue weighted by atomic mass is 16.1. The van der Waals surface area contributed by atoms with Gasteiger partial charge in [-0.1, -0.05) is 68.5 Å². The second-order valence-electron chi connectivity index (χ2n) is 3.89. The Bertz CT molecular complexity index is 524. The first-order chi connectivity index (χ1) is 9.35. The molecule has 0 spiro atoms. The van der Waals surface area contributed by atoms with E-state index in [9.17, 15) is 4.79 Å². The Balaban J connectivity index is 0.000000861. The summed E-state index contributed by atoms with van der Waals surface area (Å²) < 4.78 is 0. The van der Waals surface area contributed by atoms with Gasteiger partial charge in [-0.15, -0.1) is 6.58 Å². The fourth-order valence-corrected chi connectivity index (χ4v) is 1.88. The number of rotatable bonds is 4. The van der Waals surface area contributed by atoms with Crippen molar-refractivity contribution in [2.24, 2.45) is 0 Å². The summed E-state index contributed by atoms with van der Waals surface area (Å²) in [5.41, 5.74) is 4.29. The van der Waals surface area contributed by atoms with Gasteiger partial charge in [-0.3, -0.25) is 4.79 Å². The summed E-state index contributed by atoms with van der Waals surface area (Å²) in [6, 6.07) is 15.9. The lowest BCUT2D eigenvalue weighted by atomic mass is 9.97. The molecular weight excluding hydrogens is 232 g/mol. The van der Waals surface area contributed by atoms with Gasteiger partial charge in [0.2, 0.25) is 0 Å². The van der Waals surface area contributed by atoms with Crippen LogP contribution in [0.4, 0.5) is 0 Å². The zero-order valence-corrected chi connectivity index (χ0v) is 11.6. The molecule has 1 heteroatoms. The molecule has 0 bridgehead atoms. The Morgan fingerprint density at radius 2 is 1.63 bits per heavy atom. The van der Waals surface area contributed by atoms with E-state index in [0.29, 0.717) is 5.56 Å². The molecule has 0 aromatic heterocycles. The van der Waals surface area contributed by atoms with Gasteiger partial charge in [-0.25, -0.2) is 0 Å². The topological polar surface area (TPSA) is 17.1 Å². The van der Waals surface area contributed by atoms with Crippen molar-refractivity contribution in [3.8, 4) is 11.1 Å². The van der Waals surface area contributed by atoms with Gasteiger partial charge in [0.05, 0.1) is 0 Å². The fraction of sp³-hybridized carbons (Fsp3) is 0.167. The van der Waals surface area contributed by atoms with E-state index in [1.165, 1.54) is 11.1 Å². The van der Waals surface area contributed by atoms with Crippen LogP contribution in [0, 0.1) is 0 Å². The highest BCUT2D eigenvalue weighted by molar-refractivity contribution is 5.77. The number of benzene rings is 2. The number of hydrogen-bond acceptors (Lipinski definition) is 1. The molecule has 0 saturated carbocycles. The quantitative estimate of drug-likeness (QED) is 0.557. The van der Waals surface area contributed by atoms with Crippen molar-refractivity contribution >= 4 is 6.29 Å². The smallest absolute Gasteiger partial charge is 0.150 e. The molecule has 0 aliphatic heterocycles. The average molecular weight is 252 g/mol. The van der Waals surface area contributed by atoms with Crippen LogP contribution >= 0.6 is 0 Å². The molecule has 0 N–H and O–H groups in total. The number of allylic oxidation sites excluding steroid dienone is 1. The first kappa shape index (κ1) is 14.9. The van der Waals surface area contributed by atoms with Gasteiger partial charge in [0.25, 0.3) is 0 Å². The van der Waals surface area contributed by atoms with Crippen LogP contribution in [-0.2, 0) is 6.42 Å². The SMILES string of the molecule is C=CCc1ccccc1-c1ccc(C=O)cc1.CC. The lowest BCUT2D eigenvalue weighted by molar-refractivity contribution is 0.112. The number of carbonyl (C=O) groups is 1. The summed E-state index contributed by atoms with van der Waals surface area (Å²) in [6.45, 7) is 7.77. The van der Waals surface area contributed by atoms with Crippen LogP contribution in [-0.4, -0.2) is 6.29 Å². The maximum absolute atomic E-state index is 10.6. The van der Waals surface area contributed by atoms with E-state index in [-0.39, 0.29) is 0 Å². The van der Waals surface area contributed by atoms with Crippen LogP contribution in [0.25, 0.3) is 11.1 Å². The average Bonchev–Trinajstić information content (AvgIpc) is 2.50. The standard InChI is InChI=1S/C16H14O.C2H6/c1-2-5-14-6-3-4-7-16(14)15-10-8-13(12-17)9-11-15;1-2/h2-4,6-12H,1,5H2;1-2H3. The van der Waals surface area contributed by atoms with Crippen molar-refractivity contribution in [3.05, 3.63) is 72.3 Å². The molecule has 0 aliphatic rings. The van der Waals surface area contributed by atoms with Crippen LogP contribution in [0.3, 0.4) is 0 Å². The van der Waals surface area contributed by atoms with Gasteiger partial charge < -0.3 is 0 Å². The van der Waals surface area contributed by atoms with E-state index < -0.39 is 0 Å². The summed E-state index contributed by atoms with van der Waals surface area (Å²) in [4.78, 5) is 10.6. The molecule has 1 nitrogen and oxygen atoms in total. The van der Waals surface area contributed by atoms with Gasteiger partial charge in [-0.2, -0.15) is 0 Å². The molecule has 2 aromatic carbocycles. The molecule has 0 aliphatic carbocycles. The van der Waals surface area contributed by atoms with E-state index in [4.69, 9.17) is 0 Å². The predicted octanol–water partition coefficient (Wildman–Crippen LogP) is 4.92. The minimum absolute atomic E-state index is 0.704. The molecule has 2 aromatic rings. The molecule has 2 rings (SSSR count). The molecule has 0 amide bonds. The van der Waals surface area contributed by atoms with Gasteiger partial charge >= 0.3 is 0 Å². The van der Waals surface area contributed by atoms with Gasteiger partial charge in [0.1, 0.15) is 6.29 Å². The summed E-state index contributed by atoms with van der Waals surface area (Å²) in [6.07, 6.45) is 3.61. The third kappa shape index (κ3) is 3.92. The van der Waals surface area contributed by atoms with E-state index in [1.807, 2.05) is 56.3 Å². The monoisotopic (exact) mass is 252 g/mol. The maximum atomic E-state index is 10.6. The second kappa shape index (κ2) is 8.04. The Kier molecular flexibility index (Phi) is 6.31. The van der Waals surface area contributed by atoms with Crippen molar-refractivity contribution < 1.29 is 4.79 Å². The third-order valence-electron chi connectivity index (χ3n) is 2.74. The fourth-order valence-electron chi connectivity index (χ4n) is 1.88. The van der Waals surface area contributed by atoms with E-state index in [2.05, 4.69) is 18.7 Å². The number of aldehydes is 1. The minimum atomic E-state index is 0.704. The third-order valence-corrected chi connectivity index (χ3v) is 2.74. The highest BCUT2D eigenvalue weighted by Crippen LogP contribution is 2.24. The first-order valence-electron chi connectivity index (χ1n) is 6.59. The lowest BCUT2D eigenvalue weighted by Gasteiger charge is -2.07. The lowest BCUT2D eigenvalue weighted by Crippen LogP contribution is -1.88. The minimum Gasteiger partial charge on any atom is -0.298 e. The Morgan fingerprint density at radius 3 is 2.21 bits per heavy atom. The molecule has 0 saturated heterocycles. The molecule has 0 radical (unpaired) electrons.